The van der Waals surface area contributed by atoms with Gasteiger partial charge in [-0.2, -0.15) is 4.99 Å². The number of hydrogen-bond acceptors (Lipinski definition) is 4. The van der Waals surface area contributed by atoms with E-state index < -0.39 is 0 Å². The van der Waals surface area contributed by atoms with Crippen LogP contribution < -0.4 is 4.80 Å². The van der Waals surface area contributed by atoms with Gasteiger partial charge in [0.15, 0.2) is 4.80 Å². The number of esters is 1. The second kappa shape index (κ2) is 7.48. The van der Waals surface area contributed by atoms with Gasteiger partial charge in [-0.3, -0.25) is 9.59 Å². The number of thiazole rings is 1. The van der Waals surface area contributed by atoms with E-state index in [4.69, 9.17) is 4.74 Å². The molecule has 27 heavy (non-hydrogen) atoms. The normalized spacial score (nSPS) is 11.8. The molecule has 0 saturated heterocycles. The number of methoxy groups -OCH3 is 1. The van der Waals surface area contributed by atoms with Crippen LogP contribution in [0.4, 0.5) is 0 Å². The van der Waals surface area contributed by atoms with Gasteiger partial charge in [0.2, 0.25) is 0 Å². The molecule has 5 nitrogen and oxygen atoms in total. The first-order valence-electron chi connectivity index (χ1n) is 8.64. The second-order valence-electron chi connectivity index (χ2n) is 6.67. The number of aromatic nitrogens is 1. The first-order valence-corrected chi connectivity index (χ1v) is 9.45. The minimum atomic E-state index is -0.381. The number of rotatable bonds is 3. The van der Waals surface area contributed by atoms with Crippen LogP contribution in [0.1, 0.15) is 32.6 Å². The molecule has 1 heterocycles. The van der Waals surface area contributed by atoms with Crippen LogP contribution in [0.2, 0.25) is 0 Å². The maximum atomic E-state index is 12.7. The van der Waals surface area contributed by atoms with E-state index in [1.807, 2.05) is 45.9 Å². The van der Waals surface area contributed by atoms with E-state index in [0.717, 1.165) is 32.5 Å². The van der Waals surface area contributed by atoms with Crippen LogP contribution in [0.25, 0.3) is 10.2 Å². The molecule has 0 fully saturated rings. The van der Waals surface area contributed by atoms with Crippen molar-refractivity contribution in [2.75, 3.05) is 7.11 Å². The molecule has 0 spiro atoms. The van der Waals surface area contributed by atoms with E-state index in [-0.39, 0.29) is 18.4 Å². The Morgan fingerprint density at radius 3 is 2.33 bits per heavy atom. The molecule has 0 saturated carbocycles. The van der Waals surface area contributed by atoms with Crippen LogP contribution in [0.15, 0.2) is 35.3 Å². The maximum absolute atomic E-state index is 12.7. The highest BCUT2D eigenvalue weighted by atomic mass is 32.1. The lowest BCUT2D eigenvalue weighted by atomic mass is 10.1. The van der Waals surface area contributed by atoms with Crippen molar-refractivity contribution >= 4 is 33.4 Å². The summed E-state index contributed by atoms with van der Waals surface area (Å²) in [5.41, 5.74) is 5.85. The lowest BCUT2D eigenvalue weighted by molar-refractivity contribution is -0.141. The molecule has 1 aromatic heterocycles. The zero-order chi connectivity index (χ0) is 19.7. The highest BCUT2D eigenvalue weighted by Gasteiger charge is 2.14. The zero-order valence-corrected chi connectivity index (χ0v) is 16.9. The lowest BCUT2D eigenvalue weighted by Gasteiger charge is -2.06. The number of amides is 1. The average molecular weight is 382 g/mol. The summed E-state index contributed by atoms with van der Waals surface area (Å²) in [7, 11) is 1.35. The molecule has 1 amide bonds. The third-order valence-corrected chi connectivity index (χ3v) is 5.81. The van der Waals surface area contributed by atoms with Gasteiger partial charge in [0.1, 0.15) is 6.54 Å². The minimum absolute atomic E-state index is 0.0119. The molecule has 3 rings (SSSR count). The Hall–Kier alpha value is -2.73. The van der Waals surface area contributed by atoms with Crippen molar-refractivity contribution in [1.82, 2.24) is 4.57 Å². The highest BCUT2D eigenvalue weighted by Crippen LogP contribution is 2.22. The molecule has 0 aliphatic heterocycles. The van der Waals surface area contributed by atoms with Crippen LogP contribution >= 0.6 is 11.3 Å². The smallest absolute Gasteiger partial charge is 0.325 e. The number of fused-ring (bicyclic) bond motifs is 1. The van der Waals surface area contributed by atoms with Crippen LogP contribution in [0.3, 0.4) is 0 Å². The summed E-state index contributed by atoms with van der Waals surface area (Å²) < 4.78 is 7.55. The van der Waals surface area contributed by atoms with Gasteiger partial charge in [-0.05, 0) is 74.2 Å². The topological polar surface area (TPSA) is 60.7 Å². The molecular formula is C21H22N2O3S. The molecule has 0 bridgehead atoms. The number of nitrogens with zero attached hydrogens (tertiary/aromatic N) is 2. The summed E-state index contributed by atoms with van der Waals surface area (Å²) in [5.74, 6) is -0.704. The molecular weight excluding hydrogens is 360 g/mol. The van der Waals surface area contributed by atoms with Crippen molar-refractivity contribution in [2.24, 2.45) is 4.99 Å². The fraction of sp³-hybridized carbons (Fsp3) is 0.286. The lowest BCUT2D eigenvalue weighted by Crippen LogP contribution is -2.22. The van der Waals surface area contributed by atoms with Crippen molar-refractivity contribution in [3.05, 3.63) is 63.0 Å². The van der Waals surface area contributed by atoms with E-state index in [2.05, 4.69) is 11.1 Å². The largest absolute Gasteiger partial charge is 0.468 e. The Balaban J connectivity index is 2.17. The van der Waals surface area contributed by atoms with Gasteiger partial charge in [0.05, 0.1) is 17.3 Å². The molecule has 2 aromatic carbocycles. The summed E-state index contributed by atoms with van der Waals surface area (Å²) in [6.07, 6.45) is 0. The summed E-state index contributed by atoms with van der Waals surface area (Å²) in [6, 6.07) is 9.61. The van der Waals surface area contributed by atoms with Gasteiger partial charge in [-0.1, -0.05) is 17.4 Å². The quantitative estimate of drug-likeness (QED) is 0.647. The number of benzene rings is 2. The standard InChI is InChI=1S/C21H22N2O3S/c1-12-6-7-16(8-13(12)2)20(25)22-21-23(11-19(24)26-5)17-9-14(3)15(4)10-18(17)27-21/h6-10H,11H2,1-5H3. The molecule has 3 aromatic rings. The van der Waals surface area contributed by atoms with E-state index >= 15 is 0 Å². The molecule has 0 radical (unpaired) electrons. The van der Waals surface area contributed by atoms with Crippen molar-refractivity contribution in [1.29, 1.82) is 0 Å². The van der Waals surface area contributed by atoms with Crippen LogP contribution in [-0.2, 0) is 16.1 Å². The van der Waals surface area contributed by atoms with Crippen molar-refractivity contribution < 1.29 is 14.3 Å². The molecule has 0 N–H and O–H groups in total. The molecule has 0 unspecified atom stereocenters. The van der Waals surface area contributed by atoms with E-state index in [1.54, 1.807) is 10.6 Å². The van der Waals surface area contributed by atoms with Gasteiger partial charge in [-0.25, -0.2) is 0 Å². The number of aryl methyl sites for hydroxylation is 4. The third-order valence-electron chi connectivity index (χ3n) is 4.76. The minimum Gasteiger partial charge on any atom is -0.468 e. The van der Waals surface area contributed by atoms with Gasteiger partial charge in [0.25, 0.3) is 5.91 Å². The number of ether oxygens (including phenoxy) is 1. The second-order valence-corrected chi connectivity index (χ2v) is 7.68. The predicted molar refractivity (Wildman–Crippen MR) is 107 cm³/mol. The summed E-state index contributed by atoms with van der Waals surface area (Å²) in [4.78, 5) is 29.4. The molecule has 0 aliphatic rings. The van der Waals surface area contributed by atoms with Crippen LogP contribution in [0, 0.1) is 27.7 Å². The van der Waals surface area contributed by atoms with E-state index in [0.29, 0.717) is 10.4 Å². The van der Waals surface area contributed by atoms with Crippen molar-refractivity contribution in [3.8, 4) is 0 Å². The SMILES string of the molecule is COC(=O)Cn1c(=NC(=O)c2ccc(C)c(C)c2)sc2cc(C)c(C)cc21. The van der Waals surface area contributed by atoms with Crippen LogP contribution in [-0.4, -0.2) is 23.6 Å². The maximum Gasteiger partial charge on any atom is 0.325 e. The first kappa shape index (κ1) is 19.0. The fourth-order valence-electron chi connectivity index (χ4n) is 2.78. The van der Waals surface area contributed by atoms with Crippen molar-refractivity contribution in [2.45, 2.75) is 34.2 Å². The number of hydrogen-bond donors (Lipinski definition) is 0. The van der Waals surface area contributed by atoms with Gasteiger partial charge in [0, 0.05) is 5.56 Å². The third kappa shape index (κ3) is 3.85. The first-order chi connectivity index (χ1) is 12.8. The Morgan fingerprint density at radius 1 is 1.00 bits per heavy atom. The average Bonchev–Trinajstić information content (AvgIpc) is 2.93. The molecule has 0 aliphatic carbocycles. The molecule has 140 valence electrons. The summed E-state index contributed by atoms with van der Waals surface area (Å²) >= 11 is 1.40. The van der Waals surface area contributed by atoms with Gasteiger partial charge in [-0.15, -0.1) is 0 Å². The summed E-state index contributed by atoms with van der Waals surface area (Å²) in [5, 5.41) is 0. The Morgan fingerprint density at radius 2 is 1.67 bits per heavy atom. The van der Waals surface area contributed by atoms with E-state index in [9.17, 15) is 9.59 Å². The highest BCUT2D eigenvalue weighted by molar-refractivity contribution is 7.16. The number of carbonyl (C=O) groups is 2. The Bertz CT molecular complexity index is 1120. The Labute approximate surface area is 161 Å². The predicted octanol–water partition coefficient (Wildman–Crippen LogP) is 3.85. The summed E-state index contributed by atoms with van der Waals surface area (Å²) in [6.45, 7) is 8.04. The zero-order valence-electron chi connectivity index (χ0n) is 16.1. The monoisotopic (exact) mass is 382 g/mol. The van der Waals surface area contributed by atoms with E-state index in [1.165, 1.54) is 18.4 Å². The molecule has 0 atom stereocenters. The van der Waals surface area contributed by atoms with Crippen molar-refractivity contribution in [3.63, 3.8) is 0 Å². The molecule has 6 heteroatoms. The number of carbonyl (C=O) groups excluding carboxylic acids is 2. The van der Waals surface area contributed by atoms with Gasteiger partial charge >= 0.3 is 5.97 Å². The van der Waals surface area contributed by atoms with Crippen LogP contribution in [0.5, 0.6) is 0 Å². The Kier molecular flexibility index (Phi) is 5.28. The van der Waals surface area contributed by atoms with Gasteiger partial charge < -0.3 is 9.30 Å². The fourth-order valence-corrected chi connectivity index (χ4v) is 3.89.